The molecule has 1 spiro atoms. The summed E-state index contributed by atoms with van der Waals surface area (Å²) < 4.78 is 0. The fraction of sp³-hybridized carbons (Fsp3) is 0.591. The van der Waals surface area contributed by atoms with Crippen molar-refractivity contribution in [3.63, 3.8) is 0 Å². The molecule has 3 fully saturated rings. The molecule has 1 aromatic carbocycles. The number of aryl methyl sites for hydroxylation is 1. The summed E-state index contributed by atoms with van der Waals surface area (Å²) in [6.07, 6.45) is 4.54. The first-order valence-electron chi connectivity index (χ1n) is 10.4. The lowest BCUT2D eigenvalue weighted by atomic mass is 9.80. The SMILES string of the molecule is Cc1cc(C#N)ccc1C1CCN(C(=O)[C@H]2NCC3(CC3)C[C@@H]2C(=O)NO)CC1. The van der Waals surface area contributed by atoms with Gasteiger partial charge in [0.25, 0.3) is 0 Å². The summed E-state index contributed by atoms with van der Waals surface area (Å²) >= 11 is 0. The number of rotatable bonds is 3. The van der Waals surface area contributed by atoms with E-state index in [9.17, 15) is 9.59 Å². The lowest BCUT2D eigenvalue weighted by Gasteiger charge is -2.40. The number of benzene rings is 1. The monoisotopic (exact) mass is 396 g/mol. The van der Waals surface area contributed by atoms with Gasteiger partial charge in [-0.15, -0.1) is 0 Å². The third-order valence-corrected chi connectivity index (χ3v) is 7.07. The second-order valence-electron chi connectivity index (χ2n) is 8.93. The molecule has 1 saturated carbocycles. The molecule has 7 heteroatoms. The van der Waals surface area contributed by atoms with Gasteiger partial charge in [-0.2, -0.15) is 5.26 Å². The zero-order chi connectivity index (χ0) is 20.6. The topological polar surface area (TPSA) is 105 Å². The first-order valence-corrected chi connectivity index (χ1v) is 10.4. The minimum atomic E-state index is -0.568. The van der Waals surface area contributed by atoms with Crippen LogP contribution in [-0.4, -0.2) is 47.6 Å². The minimum absolute atomic E-state index is 0.0379. The predicted octanol–water partition coefficient (Wildman–Crippen LogP) is 1.84. The van der Waals surface area contributed by atoms with Crippen molar-refractivity contribution in [2.75, 3.05) is 19.6 Å². The molecule has 7 nitrogen and oxygen atoms in total. The average Bonchev–Trinajstić information content (AvgIpc) is 3.51. The van der Waals surface area contributed by atoms with Crippen LogP contribution in [-0.2, 0) is 9.59 Å². The Hall–Kier alpha value is -2.43. The van der Waals surface area contributed by atoms with Crippen LogP contribution in [0.1, 0.15) is 54.7 Å². The molecule has 2 heterocycles. The Bertz CT molecular complexity index is 850. The van der Waals surface area contributed by atoms with Gasteiger partial charge < -0.3 is 10.2 Å². The van der Waals surface area contributed by atoms with Crippen molar-refractivity contribution in [2.24, 2.45) is 11.3 Å². The summed E-state index contributed by atoms with van der Waals surface area (Å²) in [7, 11) is 0. The molecule has 0 unspecified atom stereocenters. The van der Waals surface area contributed by atoms with Crippen LogP contribution in [0.3, 0.4) is 0 Å². The van der Waals surface area contributed by atoms with Crippen molar-refractivity contribution in [2.45, 2.75) is 51.0 Å². The standard InChI is InChI=1S/C22H28N4O3/c1-14-10-15(12-23)2-3-17(14)16-4-8-26(9-5-16)21(28)19-18(20(27)25-29)11-22(6-7-22)13-24-19/h2-3,10,16,18-19,24,29H,4-9,11,13H2,1H3,(H,25,27)/t18-,19-/m0/s1. The van der Waals surface area contributed by atoms with Crippen LogP contribution >= 0.6 is 0 Å². The molecule has 4 rings (SSSR count). The van der Waals surface area contributed by atoms with Gasteiger partial charge in [0.05, 0.1) is 23.6 Å². The highest BCUT2D eigenvalue weighted by molar-refractivity contribution is 5.90. The van der Waals surface area contributed by atoms with Crippen LogP contribution in [0.2, 0.25) is 0 Å². The van der Waals surface area contributed by atoms with E-state index >= 15 is 0 Å². The van der Waals surface area contributed by atoms with Gasteiger partial charge in [-0.1, -0.05) is 6.07 Å². The van der Waals surface area contributed by atoms with Crippen LogP contribution in [0.25, 0.3) is 0 Å². The van der Waals surface area contributed by atoms with E-state index in [-0.39, 0.29) is 11.3 Å². The van der Waals surface area contributed by atoms with Crippen LogP contribution in [0.15, 0.2) is 18.2 Å². The quantitative estimate of drug-likeness (QED) is 0.534. The van der Waals surface area contributed by atoms with E-state index in [2.05, 4.69) is 11.4 Å². The average molecular weight is 396 g/mol. The highest BCUT2D eigenvalue weighted by Gasteiger charge is 2.52. The fourth-order valence-corrected chi connectivity index (χ4v) is 5.08. The first-order chi connectivity index (χ1) is 14.0. The lowest BCUT2D eigenvalue weighted by Crippen LogP contribution is -2.59. The third kappa shape index (κ3) is 3.87. The van der Waals surface area contributed by atoms with Crippen molar-refractivity contribution < 1.29 is 14.8 Å². The van der Waals surface area contributed by atoms with Crippen molar-refractivity contribution >= 4 is 11.8 Å². The summed E-state index contributed by atoms with van der Waals surface area (Å²) in [5, 5.41) is 21.5. The molecule has 2 aliphatic heterocycles. The molecule has 3 N–H and O–H groups in total. The third-order valence-electron chi connectivity index (χ3n) is 7.07. The summed E-state index contributed by atoms with van der Waals surface area (Å²) in [5.74, 6) is -0.659. The maximum absolute atomic E-state index is 13.2. The molecule has 2 amide bonds. The van der Waals surface area contributed by atoms with E-state index in [4.69, 9.17) is 10.5 Å². The Morgan fingerprint density at radius 2 is 2.03 bits per heavy atom. The van der Waals surface area contributed by atoms with Gasteiger partial charge in [-0.05, 0) is 73.6 Å². The highest BCUT2D eigenvalue weighted by Crippen LogP contribution is 2.52. The molecule has 29 heavy (non-hydrogen) atoms. The van der Waals surface area contributed by atoms with E-state index in [1.807, 2.05) is 30.0 Å². The van der Waals surface area contributed by atoms with Crippen LogP contribution in [0.4, 0.5) is 0 Å². The van der Waals surface area contributed by atoms with E-state index in [1.165, 1.54) is 5.56 Å². The van der Waals surface area contributed by atoms with Crippen molar-refractivity contribution in [3.05, 3.63) is 34.9 Å². The van der Waals surface area contributed by atoms with E-state index < -0.39 is 17.9 Å². The van der Waals surface area contributed by atoms with Gasteiger partial charge >= 0.3 is 0 Å². The highest BCUT2D eigenvalue weighted by atomic mass is 16.5. The number of hydroxylamine groups is 1. The number of nitriles is 1. The normalized spacial score (nSPS) is 26.0. The number of hydrogen-bond acceptors (Lipinski definition) is 5. The Morgan fingerprint density at radius 3 is 2.62 bits per heavy atom. The van der Waals surface area contributed by atoms with Gasteiger partial charge in [0.2, 0.25) is 11.8 Å². The van der Waals surface area contributed by atoms with Crippen LogP contribution in [0.5, 0.6) is 0 Å². The fourth-order valence-electron chi connectivity index (χ4n) is 5.08. The molecular weight excluding hydrogens is 368 g/mol. The van der Waals surface area contributed by atoms with Crippen molar-refractivity contribution in [1.82, 2.24) is 15.7 Å². The van der Waals surface area contributed by atoms with Crippen molar-refractivity contribution in [1.29, 1.82) is 5.26 Å². The van der Waals surface area contributed by atoms with Crippen molar-refractivity contribution in [3.8, 4) is 6.07 Å². The zero-order valence-electron chi connectivity index (χ0n) is 16.8. The number of hydrogen-bond donors (Lipinski definition) is 3. The second kappa shape index (κ2) is 7.77. The molecule has 2 saturated heterocycles. The maximum atomic E-state index is 13.2. The van der Waals surface area contributed by atoms with Gasteiger partial charge in [0, 0.05) is 19.6 Å². The predicted molar refractivity (Wildman–Crippen MR) is 106 cm³/mol. The Balaban J connectivity index is 1.41. The molecular formula is C22H28N4O3. The number of nitrogens with one attached hydrogen (secondary N) is 2. The van der Waals surface area contributed by atoms with Gasteiger partial charge in [0.15, 0.2) is 0 Å². The summed E-state index contributed by atoms with van der Waals surface area (Å²) in [5.41, 5.74) is 4.94. The number of carbonyl (C=O) groups is 2. The summed E-state index contributed by atoms with van der Waals surface area (Å²) in [6, 6.07) is 7.42. The maximum Gasteiger partial charge on any atom is 0.248 e. The molecule has 1 aliphatic carbocycles. The second-order valence-corrected chi connectivity index (χ2v) is 8.93. The molecule has 0 aromatic heterocycles. The molecule has 154 valence electrons. The first kappa shape index (κ1) is 19.9. The smallest absolute Gasteiger partial charge is 0.248 e. The van der Waals surface area contributed by atoms with Crippen LogP contribution in [0, 0.1) is 29.6 Å². The zero-order valence-corrected chi connectivity index (χ0v) is 16.8. The van der Waals surface area contributed by atoms with Crippen LogP contribution < -0.4 is 10.8 Å². The lowest BCUT2D eigenvalue weighted by molar-refractivity contribution is -0.145. The molecule has 3 aliphatic rings. The van der Waals surface area contributed by atoms with Gasteiger partial charge in [0.1, 0.15) is 0 Å². The number of piperidine rings is 2. The summed E-state index contributed by atoms with van der Waals surface area (Å²) in [6.45, 7) is 4.10. The Kier molecular flexibility index (Phi) is 5.32. The molecule has 2 atom stereocenters. The Morgan fingerprint density at radius 1 is 1.31 bits per heavy atom. The van der Waals surface area contributed by atoms with E-state index in [0.717, 1.165) is 37.8 Å². The molecule has 0 radical (unpaired) electrons. The van der Waals surface area contributed by atoms with E-state index in [0.29, 0.717) is 31.0 Å². The molecule has 0 bridgehead atoms. The number of nitrogens with zero attached hydrogens (tertiary/aromatic N) is 2. The minimum Gasteiger partial charge on any atom is -0.341 e. The number of carbonyl (C=O) groups excluding carboxylic acids is 2. The largest absolute Gasteiger partial charge is 0.341 e. The Labute approximate surface area is 171 Å². The summed E-state index contributed by atoms with van der Waals surface area (Å²) in [4.78, 5) is 27.2. The van der Waals surface area contributed by atoms with E-state index in [1.54, 1.807) is 5.48 Å². The number of likely N-dealkylation sites (tertiary alicyclic amines) is 1. The molecule has 1 aromatic rings. The van der Waals surface area contributed by atoms with Gasteiger partial charge in [-0.25, -0.2) is 5.48 Å². The number of amides is 2. The van der Waals surface area contributed by atoms with Gasteiger partial charge in [-0.3, -0.25) is 14.8 Å².